The van der Waals surface area contributed by atoms with Gasteiger partial charge < -0.3 is 20.8 Å². The standard InChI is InChI=1S/C19H20N2O5S/c1-19(26,18(24)25)10-20-16(23)14-7-8-27-17(14)21-15(22)13-6-5-11-3-2-4-12(11)9-13/h5-9,26H,2-4,10H2,1H3,(H,20,23)(H,21,22)(H,24,25). The highest BCUT2D eigenvalue weighted by Gasteiger charge is 2.30. The molecule has 1 atom stereocenters. The summed E-state index contributed by atoms with van der Waals surface area (Å²) in [6, 6.07) is 7.16. The summed E-state index contributed by atoms with van der Waals surface area (Å²) >= 11 is 1.19. The first-order chi connectivity index (χ1) is 12.8. The smallest absolute Gasteiger partial charge is 0.337 e. The molecule has 0 bridgehead atoms. The molecule has 4 N–H and O–H groups in total. The zero-order valence-corrected chi connectivity index (χ0v) is 15.6. The Hall–Kier alpha value is -2.71. The van der Waals surface area contributed by atoms with Crippen LogP contribution >= 0.6 is 11.3 Å². The summed E-state index contributed by atoms with van der Waals surface area (Å²) in [5, 5.41) is 25.7. The molecule has 2 aromatic rings. The highest BCUT2D eigenvalue weighted by Crippen LogP contribution is 2.26. The van der Waals surface area contributed by atoms with E-state index in [1.54, 1.807) is 11.4 Å². The zero-order chi connectivity index (χ0) is 19.6. The van der Waals surface area contributed by atoms with Crippen molar-refractivity contribution in [3.05, 3.63) is 51.9 Å². The second-order valence-corrected chi connectivity index (χ2v) is 7.63. The van der Waals surface area contributed by atoms with Crippen molar-refractivity contribution in [2.45, 2.75) is 31.8 Å². The quantitative estimate of drug-likeness (QED) is 0.604. The third-order valence-corrected chi connectivity index (χ3v) is 5.38. The van der Waals surface area contributed by atoms with Crippen molar-refractivity contribution in [1.29, 1.82) is 0 Å². The van der Waals surface area contributed by atoms with Crippen LogP contribution in [0.25, 0.3) is 0 Å². The maximum atomic E-state index is 12.5. The van der Waals surface area contributed by atoms with Gasteiger partial charge in [0.25, 0.3) is 11.8 Å². The molecule has 0 fully saturated rings. The van der Waals surface area contributed by atoms with E-state index in [2.05, 4.69) is 10.6 Å². The lowest BCUT2D eigenvalue weighted by molar-refractivity contribution is -0.155. The summed E-state index contributed by atoms with van der Waals surface area (Å²) in [5.74, 6) is -2.31. The third-order valence-electron chi connectivity index (χ3n) is 4.55. The molecule has 1 aliphatic carbocycles. The first kappa shape index (κ1) is 19.1. The van der Waals surface area contributed by atoms with E-state index in [4.69, 9.17) is 5.11 Å². The highest BCUT2D eigenvalue weighted by atomic mass is 32.1. The fraction of sp³-hybridized carbons (Fsp3) is 0.316. The van der Waals surface area contributed by atoms with Crippen LogP contribution in [0, 0.1) is 0 Å². The number of aliphatic hydroxyl groups is 1. The Morgan fingerprint density at radius 2 is 1.89 bits per heavy atom. The number of aryl methyl sites for hydroxylation is 2. The van der Waals surface area contributed by atoms with Crippen molar-refractivity contribution < 1.29 is 24.6 Å². The molecule has 8 heteroatoms. The van der Waals surface area contributed by atoms with E-state index in [9.17, 15) is 19.5 Å². The first-order valence-corrected chi connectivity index (χ1v) is 9.40. The van der Waals surface area contributed by atoms with Crippen molar-refractivity contribution in [2.24, 2.45) is 0 Å². The minimum atomic E-state index is -2.07. The van der Waals surface area contributed by atoms with Gasteiger partial charge in [0.05, 0.1) is 12.1 Å². The summed E-state index contributed by atoms with van der Waals surface area (Å²) in [6.45, 7) is 0.648. The molecule has 1 heterocycles. The topological polar surface area (TPSA) is 116 Å². The van der Waals surface area contributed by atoms with Gasteiger partial charge in [0.2, 0.25) is 0 Å². The van der Waals surface area contributed by atoms with Gasteiger partial charge in [0.1, 0.15) is 5.00 Å². The van der Waals surface area contributed by atoms with E-state index >= 15 is 0 Å². The summed E-state index contributed by atoms with van der Waals surface area (Å²) < 4.78 is 0. The van der Waals surface area contributed by atoms with Gasteiger partial charge in [-0.2, -0.15) is 0 Å². The second-order valence-electron chi connectivity index (χ2n) is 6.72. The maximum absolute atomic E-state index is 12.5. The van der Waals surface area contributed by atoms with Gasteiger partial charge in [0, 0.05) is 5.56 Å². The number of carboxylic acid groups (broad SMARTS) is 1. The summed E-state index contributed by atoms with van der Waals surface area (Å²) in [4.78, 5) is 35.8. The first-order valence-electron chi connectivity index (χ1n) is 8.52. The van der Waals surface area contributed by atoms with E-state index in [1.807, 2.05) is 12.1 Å². The Balaban J connectivity index is 1.68. The number of rotatable bonds is 6. The van der Waals surface area contributed by atoms with Gasteiger partial charge in [-0.25, -0.2) is 4.79 Å². The monoisotopic (exact) mass is 388 g/mol. The lowest BCUT2D eigenvalue weighted by Crippen LogP contribution is -2.46. The number of carbonyl (C=O) groups is 3. The zero-order valence-electron chi connectivity index (χ0n) is 14.7. The number of nitrogens with one attached hydrogen (secondary N) is 2. The molecule has 1 aromatic carbocycles. The fourth-order valence-corrected chi connectivity index (χ4v) is 3.68. The Labute approximate surface area is 160 Å². The molecule has 2 amide bonds. The SMILES string of the molecule is CC(O)(CNC(=O)c1ccsc1NC(=O)c1ccc2c(c1)CCC2)C(=O)O. The van der Waals surface area contributed by atoms with Crippen molar-refractivity contribution in [2.75, 3.05) is 11.9 Å². The van der Waals surface area contributed by atoms with E-state index in [-0.39, 0.29) is 11.5 Å². The van der Waals surface area contributed by atoms with Crippen LogP contribution in [-0.2, 0) is 17.6 Å². The number of amides is 2. The molecule has 3 rings (SSSR count). The van der Waals surface area contributed by atoms with E-state index < -0.39 is 24.0 Å². The average molecular weight is 388 g/mol. The Morgan fingerprint density at radius 1 is 1.15 bits per heavy atom. The van der Waals surface area contributed by atoms with Crippen molar-refractivity contribution >= 4 is 34.1 Å². The van der Waals surface area contributed by atoms with Crippen LogP contribution in [0.5, 0.6) is 0 Å². The number of hydrogen-bond donors (Lipinski definition) is 4. The molecule has 0 aliphatic heterocycles. The number of anilines is 1. The van der Waals surface area contributed by atoms with Crippen LogP contribution in [0.15, 0.2) is 29.6 Å². The van der Waals surface area contributed by atoms with Crippen molar-refractivity contribution in [3.63, 3.8) is 0 Å². The minimum Gasteiger partial charge on any atom is -0.479 e. The summed E-state index contributed by atoms with van der Waals surface area (Å²) in [7, 11) is 0. The minimum absolute atomic E-state index is 0.218. The van der Waals surface area contributed by atoms with E-state index in [0.29, 0.717) is 10.6 Å². The number of fused-ring (bicyclic) bond motifs is 1. The van der Waals surface area contributed by atoms with Crippen molar-refractivity contribution in [1.82, 2.24) is 5.32 Å². The number of thiophene rings is 1. The number of carboxylic acids is 1. The van der Waals surface area contributed by atoms with Gasteiger partial charge in [-0.3, -0.25) is 9.59 Å². The molecule has 1 aromatic heterocycles. The van der Waals surface area contributed by atoms with Crippen LogP contribution in [-0.4, -0.2) is 40.1 Å². The number of aliphatic carboxylic acids is 1. The molecular weight excluding hydrogens is 368 g/mol. The second kappa shape index (κ2) is 7.50. The molecule has 0 saturated heterocycles. The van der Waals surface area contributed by atoms with Crippen LogP contribution in [0.3, 0.4) is 0 Å². The molecule has 27 heavy (non-hydrogen) atoms. The predicted molar refractivity (Wildman–Crippen MR) is 101 cm³/mol. The molecule has 0 spiro atoms. The van der Waals surface area contributed by atoms with Crippen LogP contribution in [0.2, 0.25) is 0 Å². The average Bonchev–Trinajstić information content (AvgIpc) is 3.27. The maximum Gasteiger partial charge on any atom is 0.337 e. The molecule has 0 radical (unpaired) electrons. The fourth-order valence-electron chi connectivity index (χ4n) is 2.90. The summed E-state index contributed by atoms with van der Waals surface area (Å²) in [5.41, 5.74) is 1.13. The molecular formula is C19H20N2O5S. The molecule has 7 nitrogen and oxygen atoms in total. The van der Waals surface area contributed by atoms with Gasteiger partial charge >= 0.3 is 5.97 Å². The van der Waals surface area contributed by atoms with Crippen LogP contribution < -0.4 is 10.6 Å². The van der Waals surface area contributed by atoms with Gasteiger partial charge in [-0.1, -0.05) is 6.07 Å². The van der Waals surface area contributed by atoms with Crippen molar-refractivity contribution in [3.8, 4) is 0 Å². The third kappa shape index (κ3) is 4.17. The largest absolute Gasteiger partial charge is 0.479 e. The highest BCUT2D eigenvalue weighted by molar-refractivity contribution is 7.14. The Morgan fingerprint density at radius 3 is 2.63 bits per heavy atom. The Kier molecular flexibility index (Phi) is 5.29. The van der Waals surface area contributed by atoms with Crippen LogP contribution in [0.4, 0.5) is 5.00 Å². The number of hydrogen-bond acceptors (Lipinski definition) is 5. The number of benzene rings is 1. The number of carbonyl (C=O) groups excluding carboxylic acids is 2. The van der Waals surface area contributed by atoms with Gasteiger partial charge in [-0.05, 0) is 60.9 Å². The molecule has 1 aliphatic rings. The van der Waals surface area contributed by atoms with E-state index in [0.717, 1.165) is 26.2 Å². The lowest BCUT2D eigenvalue weighted by atomic mass is 10.1. The van der Waals surface area contributed by atoms with Gasteiger partial charge in [-0.15, -0.1) is 11.3 Å². The van der Waals surface area contributed by atoms with E-state index in [1.165, 1.54) is 28.5 Å². The summed E-state index contributed by atoms with van der Waals surface area (Å²) in [6.07, 6.45) is 3.09. The predicted octanol–water partition coefficient (Wildman–Crippen LogP) is 2.05. The molecule has 142 valence electrons. The normalized spacial score (nSPS) is 14.9. The van der Waals surface area contributed by atoms with Gasteiger partial charge in [0.15, 0.2) is 5.60 Å². The Bertz CT molecular complexity index is 903. The molecule has 1 unspecified atom stereocenters. The van der Waals surface area contributed by atoms with Crippen LogP contribution in [0.1, 0.15) is 45.2 Å². The lowest BCUT2D eigenvalue weighted by Gasteiger charge is -2.18. The molecule has 0 saturated carbocycles.